The Morgan fingerprint density at radius 2 is 2.00 bits per heavy atom. The second kappa shape index (κ2) is 9.68. The molecule has 0 atom stereocenters. The van der Waals surface area contributed by atoms with Crippen LogP contribution in [0.25, 0.3) is 6.08 Å². The van der Waals surface area contributed by atoms with Crippen LogP contribution in [0.1, 0.15) is 11.1 Å². The van der Waals surface area contributed by atoms with Crippen molar-refractivity contribution in [1.29, 1.82) is 0 Å². The highest BCUT2D eigenvalue weighted by molar-refractivity contribution is 9.10. The van der Waals surface area contributed by atoms with E-state index in [0.717, 1.165) is 16.7 Å². The van der Waals surface area contributed by atoms with Gasteiger partial charge in [-0.25, -0.2) is 0 Å². The van der Waals surface area contributed by atoms with Crippen molar-refractivity contribution in [2.75, 3.05) is 13.7 Å². The first-order valence-corrected chi connectivity index (χ1v) is 10.4. The maximum Gasteiger partial charge on any atom is 0.293 e. The average Bonchev–Trinajstić information content (AvgIpc) is 3.00. The van der Waals surface area contributed by atoms with Crippen LogP contribution in [0, 0.1) is 22.5 Å². The molecule has 0 radical (unpaired) electrons. The van der Waals surface area contributed by atoms with Crippen LogP contribution in [0.2, 0.25) is 0 Å². The van der Waals surface area contributed by atoms with E-state index in [4.69, 9.17) is 15.9 Å². The molecule has 0 N–H and O–H groups in total. The van der Waals surface area contributed by atoms with Crippen LogP contribution in [-0.2, 0) is 11.3 Å². The first kappa shape index (κ1) is 22.4. The quantitative estimate of drug-likeness (QED) is 0.235. The lowest BCUT2D eigenvalue weighted by Gasteiger charge is -2.13. The summed E-state index contributed by atoms with van der Waals surface area (Å²) in [5.41, 5.74) is 1.16. The zero-order valence-electron chi connectivity index (χ0n) is 16.2. The van der Waals surface area contributed by atoms with Gasteiger partial charge in [-0.05, 0) is 57.0 Å². The highest BCUT2D eigenvalue weighted by Crippen LogP contribution is 2.39. The molecular formula is C21H15BrN2O6S. The molecule has 1 heterocycles. The molecule has 0 unspecified atom stereocenters. The number of nitro benzene ring substituents is 1. The number of imide groups is 1. The molecule has 1 aliphatic heterocycles. The number of nitro groups is 1. The average molecular weight is 503 g/mol. The Morgan fingerprint density at radius 1 is 1.29 bits per heavy atom. The topological polar surface area (TPSA) is 99.0 Å². The lowest BCUT2D eigenvalue weighted by molar-refractivity contribution is -0.384. The number of hydrogen-bond acceptors (Lipinski definition) is 7. The van der Waals surface area contributed by atoms with Crippen molar-refractivity contribution in [3.8, 4) is 23.8 Å². The number of rotatable bonds is 7. The number of hydrogen-bond donors (Lipinski definition) is 0. The van der Waals surface area contributed by atoms with Crippen LogP contribution < -0.4 is 9.47 Å². The monoisotopic (exact) mass is 502 g/mol. The summed E-state index contributed by atoms with van der Waals surface area (Å²) in [7, 11) is 1.48. The van der Waals surface area contributed by atoms with E-state index in [1.807, 2.05) is 0 Å². The van der Waals surface area contributed by atoms with Crippen LogP contribution in [0.4, 0.5) is 10.5 Å². The van der Waals surface area contributed by atoms with Crippen LogP contribution in [0.5, 0.6) is 11.5 Å². The number of nitrogens with zero attached hydrogens (tertiary/aromatic N) is 2. The number of carbonyl (C=O) groups is 2. The number of non-ortho nitro benzene ring substituents is 1. The number of amides is 2. The summed E-state index contributed by atoms with van der Waals surface area (Å²) in [5, 5.41) is 10.3. The Labute approximate surface area is 190 Å². The molecule has 0 bridgehead atoms. The maximum absolute atomic E-state index is 12.8. The van der Waals surface area contributed by atoms with Gasteiger partial charge in [0, 0.05) is 12.1 Å². The summed E-state index contributed by atoms with van der Waals surface area (Å²) in [6, 6.07) is 9.08. The Kier molecular flexibility index (Phi) is 6.99. The molecule has 31 heavy (non-hydrogen) atoms. The third-order valence-corrected chi connectivity index (χ3v) is 5.71. The number of thioether (sulfide) groups is 1. The molecule has 0 saturated carbocycles. The van der Waals surface area contributed by atoms with Crippen LogP contribution >= 0.6 is 27.7 Å². The summed E-state index contributed by atoms with van der Waals surface area (Å²) >= 11 is 4.22. The van der Waals surface area contributed by atoms with E-state index < -0.39 is 16.1 Å². The first-order valence-electron chi connectivity index (χ1n) is 8.76. The van der Waals surface area contributed by atoms with Gasteiger partial charge < -0.3 is 9.47 Å². The van der Waals surface area contributed by atoms with Gasteiger partial charge in [-0.15, -0.1) is 6.42 Å². The minimum Gasteiger partial charge on any atom is -0.493 e. The summed E-state index contributed by atoms with van der Waals surface area (Å²) in [6.45, 7) is 0.0850. The van der Waals surface area contributed by atoms with Gasteiger partial charge >= 0.3 is 0 Å². The van der Waals surface area contributed by atoms with Crippen molar-refractivity contribution in [3.05, 3.63) is 67.0 Å². The molecule has 10 heteroatoms. The minimum atomic E-state index is -0.512. The molecule has 1 fully saturated rings. The maximum atomic E-state index is 12.8. The highest BCUT2D eigenvalue weighted by atomic mass is 79.9. The lowest BCUT2D eigenvalue weighted by atomic mass is 10.1. The van der Waals surface area contributed by atoms with E-state index in [0.29, 0.717) is 27.1 Å². The number of terminal acetylenes is 1. The van der Waals surface area contributed by atoms with Gasteiger partial charge in [0.25, 0.3) is 16.8 Å². The predicted octanol–water partition coefficient (Wildman–Crippen LogP) is 4.61. The fourth-order valence-electron chi connectivity index (χ4n) is 2.77. The van der Waals surface area contributed by atoms with Crippen LogP contribution in [0.3, 0.4) is 0 Å². The van der Waals surface area contributed by atoms with Crippen molar-refractivity contribution < 1.29 is 24.0 Å². The Morgan fingerprint density at radius 3 is 2.61 bits per heavy atom. The van der Waals surface area contributed by atoms with Gasteiger partial charge in [0.2, 0.25) is 0 Å². The molecule has 0 aromatic heterocycles. The number of benzene rings is 2. The fourth-order valence-corrected chi connectivity index (χ4v) is 4.18. The second-order valence-electron chi connectivity index (χ2n) is 6.22. The summed E-state index contributed by atoms with van der Waals surface area (Å²) < 4.78 is 11.4. The van der Waals surface area contributed by atoms with E-state index in [2.05, 4.69) is 21.9 Å². The van der Waals surface area contributed by atoms with Gasteiger partial charge in [-0.3, -0.25) is 24.6 Å². The first-order chi connectivity index (χ1) is 14.8. The van der Waals surface area contributed by atoms with E-state index >= 15 is 0 Å². The van der Waals surface area contributed by atoms with E-state index in [9.17, 15) is 19.7 Å². The normalized spacial score (nSPS) is 14.6. The van der Waals surface area contributed by atoms with Crippen molar-refractivity contribution in [1.82, 2.24) is 4.90 Å². The molecule has 2 amide bonds. The molecule has 8 nitrogen and oxygen atoms in total. The number of carbonyl (C=O) groups excluding carboxylic acids is 2. The highest BCUT2D eigenvalue weighted by Gasteiger charge is 2.35. The molecule has 2 aromatic carbocycles. The van der Waals surface area contributed by atoms with Gasteiger partial charge in [0.15, 0.2) is 11.5 Å². The third-order valence-electron chi connectivity index (χ3n) is 4.21. The van der Waals surface area contributed by atoms with Gasteiger partial charge in [0.05, 0.1) is 28.0 Å². The van der Waals surface area contributed by atoms with E-state index in [1.165, 1.54) is 31.4 Å². The van der Waals surface area contributed by atoms with Crippen LogP contribution in [-0.4, -0.2) is 34.7 Å². The third kappa shape index (κ3) is 5.07. The standard InChI is InChI=1S/C21H15BrN2O6S/c1-3-8-30-19-16(22)9-14(10-17(19)29-2)11-18-20(25)23(21(26)31-18)12-13-4-6-15(7-5-13)24(27)28/h1,4-7,9-11H,8,12H2,2H3/b18-11-. The molecule has 2 aromatic rings. The van der Waals surface area contributed by atoms with Crippen molar-refractivity contribution in [2.24, 2.45) is 0 Å². The van der Waals surface area contributed by atoms with Crippen molar-refractivity contribution in [3.63, 3.8) is 0 Å². The molecule has 3 rings (SSSR count). The van der Waals surface area contributed by atoms with E-state index in [1.54, 1.807) is 18.2 Å². The molecule has 0 aliphatic carbocycles. The Hall–Kier alpha value is -3.29. The minimum absolute atomic E-state index is 0.0197. The molecule has 158 valence electrons. The Bertz CT molecular complexity index is 1120. The number of methoxy groups -OCH3 is 1. The number of ether oxygens (including phenoxy) is 2. The Balaban J connectivity index is 1.82. The number of halogens is 1. The molecular weight excluding hydrogens is 488 g/mol. The van der Waals surface area contributed by atoms with Crippen LogP contribution in [0.15, 0.2) is 45.8 Å². The molecule has 1 saturated heterocycles. The van der Waals surface area contributed by atoms with Gasteiger partial charge in [0.1, 0.15) is 6.61 Å². The zero-order chi connectivity index (χ0) is 22.5. The van der Waals surface area contributed by atoms with Crippen molar-refractivity contribution in [2.45, 2.75) is 6.54 Å². The summed E-state index contributed by atoms with van der Waals surface area (Å²) in [4.78, 5) is 36.7. The molecule has 1 aliphatic rings. The fraction of sp³-hybridized carbons (Fsp3) is 0.143. The second-order valence-corrected chi connectivity index (χ2v) is 8.07. The van der Waals surface area contributed by atoms with Gasteiger partial charge in [-0.1, -0.05) is 18.1 Å². The summed E-state index contributed by atoms with van der Waals surface area (Å²) in [5.74, 6) is 2.78. The molecule has 0 spiro atoms. The van der Waals surface area contributed by atoms with Gasteiger partial charge in [-0.2, -0.15) is 0 Å². The van der Waals surface area contributed by atoms with E-state index in [-0.39, 0.29) is 23.7 Å². The van der Waals surface area contributed by atoms with Crippen molar-refractivity contribution >= 4 is 50.6 Å². The zero-order valence-corrected chi connectivity index (χ0v) is 18.6. The largest absolute Gasteiger partial charge is 0.493 e. The predicted molar refractivity (Wildman–Crippen MR) is 120 cm³/mol. The smallest absolute Gasteiger partial charge is 0.293 e. The lowest BCUT2D eigenvalue weighted by Crippen LogP contribution is -2.27. The summed E-state index contributed by atoms with van der Waals surface area (Å²) in [6.07, 6.45) is 6.81. The SMILES string of the molecule is C#CCOc1c(Br)cc(/C=C2\SC(=O)N(Cc3ccc([N+](=O)[O-])cc3)C2=O)cc1OC.